The van der Waals surface area contributed by atoms with Crippen molar-refractivity contribution in [2.24, 2.45) is 5.73 Å². The van der Waals surface area contributed by atoms with Crippen molar-refractivity contribution < 1.29 is 9.18 Å². The van der Waals surface area contributed by atoms with E-state index in [1.165, 1.54) is 12.1 Å². The van der Waals surface area contributed by atoms with Crippen LogP contribution in [0.2, 0.25) is 0 Å². The minimum atomic E-state index is -0.474. The fourth-order valence-corrected chi connectivity index (χ4v) is 2.26. The molecule has 0 saturated carbocycles. The Labute approximate surface area is 125 Å². The van der Waals surface area contributed by atoms with Crippen molar-refractivity contribution in [3.8, 4) is 0 Å². The molecule has 1 amide bonds. The van der Waals surface area contributed by atoms with E-state index >= 15 is 0 Å². The molecule has 5 heteroatoms. The summed E-state index contributed by atoms with van der Waals surface area (Å²) >= 11 is 3.25. The van der Waals surface area contributed by atoms with Crippen LogP contribution in [0.4, 0.5) is 10.1 Å². The van der Waals surface area contributed by atoms with Crippen LogP contribution in [-0.2, 0) is 6.42 Å². The fourth-order valence-electron chi connectivity index (χ4n) is 1.90. The third kappa shape index (κ3) is 3.43. The number of hydrogen-bond acceptors (Lipinski definition) is 2. The van der Waals surface area contributed by atoms with Crippen LogP contribution in [0.25, 0.3) is 0 Å². The number of carbonyl (C=O) groups excluding carboxylic acids is 1. The lowest BCUT2D eigenvalue weighted by atomic mass is 10.0. The van der Waals surface area contributed by atoms with Crippen molar-refractivity contribution in [1.82, 2.24) is 0 Å². The van der Waals surface area contributed by atoms with E-state index in [0.717, 1.165) is 5.56 Å². The number of carbonyl (C=O) groups is 1. The van der Waals surface area contributed by atoms with Crippen LogP contribution >= 0.6 is 15.9 Å². The minimum Gasteiger partial charge on any atom is -0.330 e. The molecule has 3 nitrogen and oxygen atoms in total. The Hall–Kier alpha value is -1.72. The number of halogens is 2. The Balaban J connectivity index is 2.26. The standard InChI is InChI=1S/C15H14BrFN2O/c16-11-5-6-13(17)14(9-11)19-15(20)12-4-2-1-3-10(12)7-8-18/h1-6,9H,7-8,18H2,(H,19,20). The van der Waals surface area contributed by atoms with Crippen LogP contribution < -0.4 is 11.1 Å². The predicted molar refractivity (Wildman–Crippen MR) is 81.3 cm³/mol. The van der Waals surface area contributed by atoms with Gasteiger partial charge in [0, 0.05) is 10.0 Å². The third-order valence-corrected chi connectivity index (χ3v) is 3.35. The number of nitrogens with one attached hydrogen (secondary N) is 1. The maximum atomic E-state index is 13.6. The number of benzene rings is 2. The van der Waals surface area contributed by atoms with Crippen molar-refractivity contribution in [2.75, 3.05) is 11.9 Å². The summed E-state index contributed by atoms with van der Waals surface area (Å²) in [5.41, 5.74) is 7.03. The lowest BCUT2D eigenvalue weighted by Gasteiger charge is -2.10. The van der Waals surface area contributed by atoms with Crippen molar-refractivity contribution in [1.29, 1.82) is 0 Å². The zero-order chi connectivity index (χ0) is 14.5. The van der Waals surface area contributed by atoms with E-state index in [-0.39, 0.29) is 11.6 Å². The zero-order valence-electron chi connectivity index (χ0n) is 10.7. The molecule has 2 aromatic rings. The van der Waals surface area contributed by atoms with Crippen molar-refractivity contribution >= 4 is 27.5 Å². The van der Waals surface area contributed by atoms with Crippen LogP contribution in [0.3, 0.4) is 0 Å². The summed E-state index contributed by atoms with van der Waals surface area (Å²) in [6, 6.07) is 11.6. The number of nitrogens with two attached hydrogens (primary N) is 1. The number of hydrogen-bond donors (Lipinski definition) is 2. The average molecular weight is 337 g/mol. The molecule has 0 unspecified atom stereocenters. The van der Waals surface area contributed by atoms with Gasteiger partial charge in [-0.1, -0.05) is 34.1 Å². The van der Waals surface area contributed by atoms with Gasteiger partial charge in [0.25, 0.3) is 5.91 Å². The van der Waals surface area contributed by atoms with Gasteiger partial charge in [0.05, 0.1) is 5.69 Å². The lowest BCUT2D eigenvalue weighted by Crippen LogP contribution is -2.16. The van der Waals surface area contributed by atoms with Crippen molar-refractivity contribution in [3.63, 3.8) is 0 Å². The highest BCUT2D eigenvalue weighted by molar-refractivity contribution is 9.10. The van der Waals surface area contributed by atoms with E-state index in [9.17, 15) is 9.18 Å². The molecule has 0 heterocycles. The highest BCUT2D eigenvalue weighted by Crippen LogP contribution is 2.21. The molecule has 20 heavy (non-hydrogen) atoms. The molecule has 0 spiro atoms. The van der Waals surface area contributed by atoms with Gasteiger partial charge in [0.1, 0.15) is 5.82 Å². The fraction of sp³-hybridized carbons (Fsp3) is 0.133. The van der Waals surface area contributed by atoms with E-state index in [0.29, 0.717) is 23.0 Å². The molecule has 0 radical (unpaired) electrons. The molecule has 0 atom stereocenters. The molecule has 0 aromatic heterocycles. The van der Waals surface area contributed by atoms with Crippen molar-refractivity contribution in [2.45, 2.75) is 6.42 Å². The third-order valence-electron chi connectivity index (χ3n) is 2.85. The maximum Gasteiger partial charge on any atom is 0.256 e. The molecule has 0 fully saturated rings. The van der Waals surface area contributed by atoms with Crippen LogP contribution in [-0.4, -0.2) is 12.5 Å². The second-order valence-electron chi connectivity index (χ2n) is 4.27. The molecule has 0 saturated heterocycles. The lowest BCUT2D eigenvalue weighted by molar-refractivity contribution is 0.102. The highest BCUT2D eigenvalue weighted by atomic mass is 79.9. The molecule has 104 valence electrons. The smallest absolute Gasteiger partial charge is 0.256 e. The van der Waals surface area contributed by atoms with Gasteiger partial charge in [-0.05, 0) is 42.8 Å². The quantitative estimate of drug-likeness (QED) is 0.899. The Kier molecular flexibility index (Phi) is 4.87. The molecule has 0 bridgehead atoms. The van der Waals surface area contributed by atoms with Crippen LogP contribution in [0.1, 0.15) is 15.9 Å². The summed E-state index contributed by atoms with van der Waals surface area (Å²) < 4.78 is 14.3. The van der Waals surface area contributed by atoms with E-state index in [1.807, 2.05) is 12.1 Å². The van der Waals surface area contributed by atoms with Gasteiger partial charge in [-0.3, -0.25) is 4.79 Å². The zero-order valence-corrected chi connectivity index (χ0v) is 12.3. The molecule has 0 aliphatic heterocycles. The first-order chi connectivity index (χ1) is 9.61. The Bertz CT molecular complexity index is 631. The number of amides is 1. The van der Waals surface area contributed by atoms with Gasteiger partial charge in [0.15, 0.2) is 0 Å². The molecular formula is C15H14BrFN2O. The number of rotatable bonds is 4. The highest BCUT2D eigenvalue weighted by Gasteiger charge is 2.12. The van der Waals surface area contributed by atoms with Gasteiger partial charge in [-0.25, -0.2) is 4.39 Å². The van der Waals surface area contributed by atoms with Crippen LogP contribution in [0.15, 0.2) is 46.9 Å². The molecule has 0 aliphatic carbocycles. The molecule has 3 N–H and O–H groups in total. The Morgan fingerprint density at radius 3 is 2.75 bits per heavy atom. The average Bonchev–Trinajstić information content (AvgIpc) is 2.44. The van der Waals surface area contributed by atoms with Gasteiger partial charge in [-0.2, -0.15) is 0 Å². The Morgan fingerprint density at radius 1 is 1.25 bits per heavy atom. The molecule has 0 aliphatic rings. The summed E-state index contributed by atoms with van der Waals surface area (Å²) in [5.74, 6) is -0.816. The molecule has 2 rings (SSSR count). The van der Waals surface area contributed by atoms with Gasteiger partial charge >= 0.3 is 0 Å². The second kappa shape index (κ2) is 6.63. The monoisotopic (exact) mass is 336 g/mol. The van der Waals surface area contributed by atoms with Crippen molar-refractivity contribution in [3.05, 3.63) is 63.9 Å². The molecular weight excluding hydrogens is 323 g/mol. The second-order valence-corrected chi connectivity index (χ2v) is 5.19. The van der Waals surface area contributed by atoms with E-state index < -0.39 is 5.82 Å². The first-order valence-electron chi connectivity index (χ1n) is 6.16. The van der Waals surface area contributed by atoms with Gasteiger partial charge in [-0.15, -0.1) is 0 Å². The summed E-state index contributed by atoms with van der Waals surface area (Å²) in [6.07, 6.45) is 0.602. The van der Waals surface area contributed by atoms with Crippen LogP contribution in [0.5, 0.6) is 0 Å². The summed E-state index contributed by atoms with van der Waals surface area (Å²) in [7, 11) is 0. The normalized spacial score (nSPS) is 10.3. The first-order valence-corrected chi connectivity index (χ1v) is 6.95. The van der Waals surface area contributed by atoms with E-state index in [4.69, 9.17) is 5.73 Å². The summed E-state index contributed by atoms with van der Waals surface area (Å²) in [4.78, 5) is 12.2. The minimum absolute atomic E-state index is 0.145. The summed E-state index contributed by atoms with van der Waals surface area (Å²) in [5, 5.41) is 2.58. The maximum absolute atomic E-state index is 13.6. The topological polar surface area (TPSA) is 55.1 Å². The molecule has 2 aromatic carbocycles. The largest absolute Gasteiger partial charge is 0.330 e. The van der Waals surface area contributed by atoms with Gasteiger partial charge in [0.2, 0.25) is 0 Å². The SMILES string of the molecule is NCCc1ccccc1C(=O)Nc1cc(Br)ccc1F. The number of anilines is 1. The first kappa shape index (κ1) is 14.7. The summed E-state index contributed by atoms with van der Waals surface area (Å²) in [6.45, 7) is 0.454. The Morgan fingerprint density at radius 2 is 2.00 bits per heavy atom. The van der Waals surface area contributed by atoms with E-state index in [2.05, 4.69) is 21.2 Å². The van der Waals surface area contributed by atoms with E-state index in [1.54, 1.807) is 18.2 Å². The van der Waals surface area contributed by atoms with Gasteiger partial charge < -0.3 is 11.1 Å². The van der Waals surface area contributed by atoms with Crippen LogP contribution in [0, 0.1) is 5.82 Å². The predicted octanol–water partition coefficient (Wildman–Crippen LogP) is 3.34.